The zero-order valence-electron chi connectivity index (χ0n) is 20.5. The normalized spacial score (nSPS) is 21.9. The summed E-state index contributed by atoms with van der Waals surface area (Å²) in [6, 6.07) is 2.52. The van der Waals surface area contributed by atoms with Crippen molar-refractivity contribution < 1.29 is 9.53 Å². The number of anilines is 1. The maximum Gasteiger partial charge on any atom is 0.244 e. The number of hydrogen-bond donors (Lipinski definition) is 0. The van der Waals surface area contributed by atoms with Gasteiger partial charge in [-0.25, -0.2) is 14.6 Å². The van der Waals surface area contributed by atoms with Gasteiger partial charge in [-0.05, 0) is 38.2 Å². The largest absolute Gasteiger partial charge is 0.370 e. The van der Waals surface area contributed by atoms with Crippen LogP contribution in [0.2, 0.25) is 0 Å². The van der Waals surface area contributed by atoms with Gasteiger partial charge >= 0.3 is 0 Å². The molecule has 2 aromatic heterocycles. The Morgan fingerprint density at radius 1 is 1.29 bits per heavy atom. The Morgan fingerprint density at radius 3 is 2.74 bits per heavy atom. The van der Waals surface area contributed by atoms with E-state index in [2.05, 4.69) is 48.7 Å². The second-order valence-corrected chi connectivity index (χ2v) is 10.7. The summed E-state index contributed by atoms with van der Waals surface area (Å²) in [5.41, 5.74) is 3.73. The molecule has 0 unspecified atom stereocenters. The van der Waals surface area contributed by atoms with Crippen LogP contribution in [-0.4, -0.2) is 61.8 Å². The van der Waals surface area contributed by atoms with Crippen molar-refractivity contribution in [2.45, 2.75) is 77.7 Å². The summed E-state index contributed by atoms with van der Waals surface area (Å²) < 4.78 is 7.67. The molecule has 34 heavy (non-hydrogen) atoms. The van der Waals surface area contributed by atoms with Crippen molar-refractivity contribution in [1.29, 1.82) is 5.26 Å². The first-order valence-electron chi connectivity index (χ1n) is 12.2. The van der Waals surface area contributed by atoms with Gasteiger partial charge in [-0.15, -0.1) is 0 Å². The third kappa shape index (κ3) is 4.27. The van der Waals surface area contributed by atoms with Gasteiger partial charge in [0.25, 0.3) is 0 Å². The lowest BCUT2D eigenvalue weighted by molar-refractivity contribution is -0.135. The van der Waals surface area contributed by atoms with Crippen molar-refractivity contribution in [3.63, 3.8) is 0 Å². The summed E-state index contributed by atoms with van der Waals surface area (Å²) in [4.78, 5) is 26.4. The molecule has 2 aliphatic heterocycles. The van der Waals surface area contributed by atoms with Gasteiger partial charge in [-0.2, -0.15) is 10.4 Å². The number of carbonyl (C=O) groups is 1. The molecule has 1 saturated carbocycles. The summed E-state index contributed by atoms with van der Waals surface area (Å²) in [7, 11) is 0. The van der Waals surface area contributed by atoms with E-state index in [4.69, 9.17) is 9.72 Å². The fourth-order valence-corrected chi connectivity index (χ4v) is 5.25. The van der Waals surface area contributed by atoms with Crippen LogP contribution in [0.5, 0.6) is 0 Å². The molecule has 9 heteroatoms. The van der Waals surface area contributed by atoms with Crippen LogP contribution >= 0.6 is 0 Å². The summed E-state index contributed by atoms with van der Waals surface area (Å²) in [5, 5.41) is 14.3. The molecule has 2 fully saturated rings. The molecular formula is C25H33N7O2. The highest BCUT2D eigenvalue weighted by Crippen LogP contribution is 2.46. The molecule has 180 valence electrons. The number of aromatic nitrogens is 4. The number of fused-ring (bicyclic) bond motifs is 1. The molecule has 1 atom stereocenters. The number of ether oxygens (including phenoxy) is 1. The van der Waals surface area contributed by atoms with Crippen molar-refractivity contribution in [3.05, 3.63) is 35.0 Å². The Kier molecular flexibility index (Phi) is 5.80. The van der Waals surface area contributed by atoms with E-state index in [1.165, 1.54) is 6.33 Å². The average molecular weight is 464 g/mol. The van der Waals surface area contributed by atoms with E-state index < -0.39 is 0 Å². The molecule has 0 N–H and O–H groups in total. The van der Waals surface area contributed by atoms with E-state index in [-0.39, 0.29) is 30.0 Å². The standard InChI is InChI=1S/C25H33N7O2/c1-16(2)21-11-30(7-8-32(21)22(33)12-31-15-27-14-28-31)24-19(10-26)18-9-25(3,4)34-13-20(18)23(29-24)17-5-6-17/h14-17,21H,5-9,11-13H2,1-4H3/t21-/m0/s1. The minimum absolute atomic E-state index is 0.0262. The Bertz CT molecular complexity index is 1120. The number of carbonyl (C=O) groups excluding carboxylic acids is 1. The lowest BCUT2D eigenvalue weighted by Crippen LogP contribution is -2.58. The first kappa shape index (κ1) is 22.8. The first-order valence-corrected chi connectivity index (χ1v) is 12.2. The Hall–Kier alpha value is -2.99. The minimum atomic E-state index is -0.301. The van der Waals surface area contributed by atoms with Gasteiger partial charge in [0.1, 0.15) is 31.1 Å². The fraction of sp³-hybridized carbons (Fsp3) is 0.640. The van der Waals surface area contributed by atoms with Crippen molar-refractivity contribution in [2.24, 2.45) is 5.92 Å². The van der Waals surface area contributed by atoms with Crippen LogP contribution < -0.4 is 4.90 Å². The maximum atomic E-state index is 13.1. The van der Waals surface area contributed by atoms with Gasteiger partial charge in [0.05, 0.1) is 29.5 Å². The number of hydrogen-bond acceptors (Lipinski definition) is 7. The predicted octanol–water partition coefficient (Wildman–Crippen LogP) is 2.65. The highest BCUT2D eigenvalue weighted by Gasteiger charge is 2.39. The van der Waals surface area contributed by atoms with Gasteiger partial charge in [-0.1, -0.05) is 13.8 Å². The molecule has 0 aromatic carbocycles. The van der Waals surface area contributed by atoms with E-state index in [0.29, 0.717) is 44.1 Å². The summed E-state index contributed by atoms with van der Waals surface area (Å²) in [6.45, 7) is 11.1. The van der Waals surface area contributed by atoms with Gasteiger partial charge < -0.3 is 14.5 Å². The third-order valence-electron chi connectivity index (χ3n) is 7.28. The van der Waals surface area contributed by atoms with E-state index in [1.54, 1.807) is 11.0 Å². The molecule has 4 heterocycles. The maximum absolute atomic E-state index is 13.1. The quantitative estimate of drug-likeness (QED) is 0.672. The van der Waals surface area contributed by atoms with Gasteiger partial charge in [-0.3, -0.25) is 4.79 Å². The molecule has 1 aliphatic carbocycles. The highest BCUT2D eigenvalue weighted by atomic mass is 16.5. The molecule has 3 aliphatic rings. The number of piperazine rings is 1. The number of rotatable bonds is 5. The van der Waals surface area contributed by atoms with Crippen LogP contribution in [-0.2, 0) is 29.1 Å². The summed E-state index contributed by atoms with van der Waals surface area (Å²) >= 11 is 0. The summed E-state index contributed by atoms with van der Waals surface area (Å²) in [5.74, 6) is 1.56. The second-order valence-electron chi connectivity index (χ2n) is 10.7. The molecule has 0 spiro atoms. The lowest BCUT2D eigenvalue weighted by Gasteiger charge is -2.44. The Morgan fingerprint density at radius 2 is 2.09 bits per heavy atom. The number of nitrogens with zero attached hydrogens (tertiary/aromatic N) is 7. The van der Waals surface area contributed by atoms with Crippen LogP contribution in [0.25, 0.3) is 0 Å². The van der Waals surface area contributed by atoms with Crippen LogP contribution in [0.15, 0.2) is 12.7 Å². The van der Waals surface area contributed by atoms with Crippen LogP contribution in [0.3, 0.4) is 0 Å². The second kappa shape index (κ2) is 8.66. The number of nitriles is 1. The topological polar surface area (TPSA) is 100 Å². The molecule has 0 bridgehead atoms. The zero-order chi connectivity index (χ0) is 24.0. The lowest BCUT2D eigenvalue weighted by atomic mass is 9.87. The first-order chi connectivity index (χ1) is 16.3. The molecule has 5 rings (SSSR count). The minimum Gasteiger partial charge on any atom is -0.370 e. The van der Waals surface area contributed by atoms with E-state index in [9.17, 15) is 10.1 Å². The summed E-state index contributed by atoms with van der Waals surface area (Å²) in [6.07, 6.45) is 6.02. The van der Waals surface area contributed by atoms with Crippen molar-refractivity contribution in [1.82, 2.24) is 24.6 Å². The molecule has 0 radical (unpaired) electrons. The van der Waals surface area contributed by atoms with Crippen molar-refractivity contribution >= 4 is 11.7 Å². The van der Waals surface area contributed by atoms with Crippen LogP contribution in [0.4, 0.5) is 5.82 Å². The molecule has 1 saturated heterocycles. The van der Waals surface area contributed by atoms with Crippen molar-refractivity contribution in [2.75, 3.05) is 24.5 Å². The monoisotopic (exact) mass is 463 g/mol. The number of pyridine rings is 1. The SMILES string of the molecule is CC(C)[C@@H]1CN(c2nc(C3CC3)c3c(c2C#N)CC(C)(C)OC3)CCN1C(=O)Cn1cncn1. The van der Waals surface area contributed by atoms with Gasteiger partial charge in [0, 0.05) is 37.5 Å². The number of amides is 1. The van der Waals surface area contributed by atoms with E-state index >= 15 is 0 Å². The van der Waals surface area contributed by atoms with Gasteiger partial charge in [0.2, 0.25) is 5.91 Å². The van der Waals surface area contributed by atoms with Crippen LogP contribution in [0.1, 0.15) is 68.8 Å². The molecular weight excluding hydrogens is 430 g/mol. The fourth-order valence-electron chi connectivity index (χ4n) is 5.25. The Labute approximate surface area is 200 Å². The van der Waals surface area contributed by atoms with Gasteiger partial charge in [0.15, 0.2) is 0 Å². The average Bonchev–Trinajstić information content (AvgIpc) is 3.53. The smallest absolute Gasteiger partial charge is 0.244 e. The van der Waals surface area contributed by atoms with E-state index in [0.717, 1.165) is 35.5 Å². The predicted molar refractivity (Wildman–Crippen MR) is 126 cm³/mol. The molecule has 9 nitrogen and oxygen atoms in total. The highest BCUT2D eigenvalue weighted by molar-refractivity contribution is 5.77. The van der Waals surface area contributed by atoms with Crippen molar-refractivity contribution in [3.8, 4) is 6.07 Å². The zero-order valence-corrected chi connectivity index (χ0v) is 20.5. The van der Waals surface area contributed by atoms with Crippen LogP contribution in [0, 0.1) is 17.2 Å². The molecule has 1 amide bonds. The van der Waals surface area contributed by atoms with E-state index in [1.807, 2.05) is 4.90 Å². The third-order valence-corrected chi connectivity index (χ3v) is 7.28. The Balaban J connectivity index is 1.46. The molecule has 2 aromatic rings.